The molecule has 0 saturated carbocycles. The Morgan fingerprint density at radius 1 is 0.614 bits per heavy atom. The number of aliphatic carboxylic acids is 2. The van der Waals surface area contributed by atoms with Crippen LogP contribution in [0.15, 0.2) is 25.0 Å². The van der Waals surface area contributed by atoms with Crippen molar-refractivity contribution in [3.05, 3.63) is 36.4 Å². The fourth-order valence-corrected chi connectivity index (χ4v) is 5.24. The first-order valence-corrected chi connectivity index (χ1v) is 19.1. The topological polar surface area (TPSA) is 358 Å². The standard InChI is InChI=1S/2C18H32N6O4.Cu/c2*1-3-11(2)15(20)17(26)24-14(8-12-9-21-10-22-12)16(25)23-13(18(27)28)6-4-5-7-19;/h2*9-11,13-15H,3-8,19-20H2,1-2H3,(H,21,22)(H,23,25)(H,24,26)(H,27,28);/q;;+2/p-2/t2*11-,13-,14-,15-;/m00./s1. The number of nitrogens with two attached hydrogens (primary N) is 4. The molecule has 1 radical (unpaired) electrons. The molecule has 57 heavy (non-hydrogen) atoms. The molecule has 2 rings (SSSR count). The Morgan fingerprint density at radius 2 is 0.947 bits per heavy atom. The fourth-order valence-electron chi connectivity index (χ4n) is 5.24. The van der Waals surface area contributed by atoms with Crippen molar-refractivity contribution in [1.29, 1.82) is 0 Å². The molecule has 0 unspecified atom stereocenters. The summed E-state index contributed by atoms with van der Waals surface area (Å²) in [5.74, 6) is -5.08. The summed E-state index contributed by atoms with van der Waals surface area (Å²) < 4.78 is 0. The molecule has 0 spiro atoms. The SMILES string of the molecule is CC[C@H](C)[C@H](N)C(=O)N[C@@H](Cc1cnc[nH]1)C(=O)N[C@@H](CCCCN)C(=O)[O-].CC[C@H](C)[C@H](N)C(=O)N[C@@H](Cc1cnc[nH]1)C(=O)N[C@@H](CCCCN)C(=O)[O-].[Cu+2]. The number of H-pyrrole nitrogens is 2. The molecule has 0 aliphatic rings. The predicted molar refractivity (Wildman–Crippen MR) is 203 cm³/mol. The van der Waals surface area contributed by atoms with Crippen LogP contribution in [0.5, 0.6) is 0 Å². The van der Waals surface area contributed by atoms with E-state index in [2.05, 4.69) is 41.2 Å². The van der Waals surface area contributed by atoms with Gasteiger partial charge in [-0.15, -0.1) is 0 Å². The number of carboxylic acids is 2. The molecule has 0 saturated heterocycles. The second-order valence-corrected chi connectivity index (χ2v) is 13.8. The summed E-state index contributed by atoms with van der Waals surface area (Å²) in [4.78, 5) is 86.5. The first-order chi connectivity index (χ1) is 26.6. The van der Waals surface area contributed by atoms with Crippen molar-refractivity contribution in [2.24, 2.45) is 34.8 Å². The van der Waals surface area contributed by atoms with Crippen LogP contribution in [0.3, 0.4) is 0 Å². The van der Waals surface area contributed by atoms with Gasteiger partial charge in [-0.25, -0.2) is 9.97 Å². The average molecular weight is 855 g/mol. The number of nitrogens with zero attached hydrogens (tertiary/aromatic N) is 2. The maximum absolute atomic E-state index is 12.7. The number of aromatic nitrogens is 4. The molecule has 0 aromatic carbocycles. The number of carbonyl (C=O) groups is 6. The molecular weight excluding hydrogens is 792 g/mol. The minimum Gasteiger partial charge on any atom is -0.548 e. The molecule has 2 aromatic rings. The summed E-state index contributed by atoms with van der Waals surface area (Å²) in [5.41, 5.74) is 24.0. The van der Waals surface area contributed by atoms with E-state index in [1.165, 1.54) is 25.0 Å². The van der Waals surface area contributed by atoms with Crippen LogP contribution in [0.4, 0.5) is 0 Å². The number of aromatic amines is 2. The number of hydrogen-bond acceptors (Lipinski definition) is 14. The number of nitrogens with one attached hydrogen (secondary N) is 6. The largest absolute Gasteiger partial charge is 2.00 e. The first-order valence-electron chi connectivity index (χ1n) is 19.1. The average Bonchev–Trinajstić information content (AvgIpc) is 3.90. The first kappa shape index (κ1) is 52.6. The third-order valence-electron chi connectivity index (χ3n) is 9.44. The molecule has 14 N–H and O–H groups in total. The van der Waals surface area contributed by atoms with E-state index in [1.54, 1.807) is 0 Å². The number of amides is 4. The van der Waals surface area contributed by atoms with Gasteiger partial charge in [-0.05, 0) is 63.5 Å². The maximum atomic E-state index is 12.7. The number of rotatable bonds is 26. The van der Waals surface area contributed by atoms with Gasteiger partial charge in [0.2, 0.25) is 23.6 Å². The van der Waals surface area contributed by atoms with Crippen molar-refractivity contribution in [3.8, 4) is 0 Å². The maximum Gasteiger partial charge on any atom is 2.00 e. The van der Waals surface area contributed by atoms with Crippen LogP contribution in [0.1, 0.15) is 90.4 Å². The number of carbonyl (C=O) groups excluding carboxylic acids is 6. The van der Waals surface area contributed by atoms with E-state index in [9.17, 15) is 39.0 Å². The fraction of sp³-hybridized carbons (Fsp3) is 0.667. The van der Waals surface area contributed by atoms with Gasteiger partial charge in [-0.3, -0.25) is 19.2 Å². The molecule has 0 bridgehead atoms. The molecule has 0 aliphatic carbocycles. The van der Waals surface area contributed by atoms with E-state index >= 15 is 0 Å². The monoisotopic (exact) mass is 853 g/mol. The van der Waals surface area contributed by atoms with Crippen LogP contribution in [0.2, 0.25) is 0 Å². The van der Waals surface area contributed by atoms with Crippen LogP contribution in [0.25, 0.3) is 0 Å². The number of carboxylic acid groups (broad SMARTS) is 2. The van der Waals surface area contributed by atoms with Gasteiger partial charge in [0.15, 0.2) is 0 Å². The van der Waals surface area contributed by atoms with E-state index in [-0.39, 0.29) is 54.6 Å². The summed E-state index contributed by atoms with van der Waals surface area (Å²) in [5, 5.41) is 32.8. The van der Waals surface area contributed by atoms with Gasteiger partial charge in [0.25, 0.3) is 0 Å². The summed E-state index contributed by atoms with van der Waals surface area (Å²) in [6, 6.07) is -5.88. The molecule has 4 amide bonds. The van der Waals surface area contributed by atoms with Gasteiger partial charge >= 0.3 is 17.1 Å². The van der Waals surface area contributed by atoms with Crippen molar-refractivity contribution in [1.82, 2.24) is 41.2 Å². The molecule has 8 atom stereocenters. The van der Waals surface area contributed by atoms with E-state index in [0.717, 1.165) is 0 Å². The Bertz CT molecular complexity index is 1360. The Labute approximate surface area is 344 Å². The van der Waals surface area contributed by atoms with E-state index in [1.807, 2.05) is 27.7 Å². The van der Waals surface area contributed by atoms with Crippen LogP contribution in [-0.2, 0) is 58.7 Å². The van der Waals surface area contributed by atoms with Crippen LogP contribution < -0.4 is 54.4 Å². The minimum atomic E-state index is -1.38. The third kappa shape index (κ3) is 20.0. The minimum absolute atomic E-state index is 0. The predicted octanol–water partition coefficient (Wildman–Crippen LogP) is -3.65. The van der Waals surface area contributed by atoms with Crippen molar-refractivity contribution < 1.29 is 56.0 Å². The zero-order valence-electron chi connectivity index (χ0n) is 33.2. The normalized spacial score (nSPS) is 15.0. The van der Waals surface area contributed by atoms with Gasteiger partial charge in [-0.1, -0.05) is 40.5 Å². The summed E-state index contributed by atoms with van der Waals surface area (Å²) in [7, 11) is 0. The van der Waals surface area contributed by atoms with Crippen LogP contribution in [0, 0.1) is 11.8 Å². The molecule has 0 aliphatic heterocycles. The zero-order valence-corrected chi connectivity index (χ0v) is 34.1. The summed E-state index contributed by atoms with van der Waals surface area (Å²) in [6.45, 7) is 8.38. The van der Waals surface area contributed by atoms with Crippen molar-refractivity contribution in [2.45, 2.75) is 128 Å². The zero-order chi connectivity index (χ0) is 42.2. The van der Waals surface area contributed by atoms with Gasteiger partial charge in [-0.2, -0.15) is 0 Å². The van der Waals surface area contributed by atoms with E-state index in [4.69, 9.17) is 22.9 Å². The quantitative estimate of drug-likeness (QED) is 0.0322. The Morgan fingerprint density at radius 3 is 1.21 bits per heavy atom. The smallest absolute Gasteiger partial charge is 0.548 e. The molecule has 2 heterocycles. The Balaban J connectivity index is 0.00000108. The summed E-state index contributed by atoms with van der Waals surface area (Å²) in [6.07, 6.45) is 10.3. The number of hydrogen-bond donors (Lipinski definition) is 10. The van der Waals surface area contributed by atoms with Gasteiger partial charge in [0.05, 0.1) is 48.8 Å². The van der Waals surface area contributed by atoms with Crippen molar-refractivity contribution in [3.63, 3.8) is 0 Å². The molecule has 2 aromatic heterocycles. The molecule has 0 fully saturated rings. The van der Waals surface area contributed by atoms with Crippen LogP contribution in [-0.4, -0.2) is 105 Å². The molecular formula is C36H62CuN12O8. The molecule has 21 heteroatoms. The Kier molecular flexibility index (Phi) is 26.7. The number of unbranched alkanes of at least 4 members (excludes halogenated alkanes) is 2. The molecule has 20 nitrogen and oxygen atoms in total. The third-order valence-corrected chi connectivity index (χ3v) is 9.44. The van der Waals surface area contributed by atoms with Crippen molar-refractivity contribution >= 4 is 35.6 Å². The number of imidazole rings is 2. The summed E-state index contributed by atoms with van der Waals surface area (Å²) >= 11 is 0. The van der Waals surface area contributed by atoms with Gasteiger partial charge in [0.1, 0.15) is 12.1 Å². The van der Waals surface area contributed by atoms with Crippen molar-refractivity contribution in [2.75, 3.05) is 13.1 Å². The van der Waals surface area contributed by atoms with E-state index in [0.29, 0.717) is 63.0 Å². The molecule has 325 valence electrons. The second kappa shape index (κ2) is 28.9. The van der Waals surface area contributed by atoms with Gasteiger partial charge < -0.3 is 74.0 Å². The van der Waals surface area contributed by atoms with Crippen LogP contribution >= 0.6 is 0 Å². The van der Waals surface area contributed by atoms with E-state index < -0.39 is 71.8 Å². The second-order valence-electron chi connectivity index (χ2n) is 13.8. The Hall–Kier alpha value is -4.40. The van der Waals surface area contributed by atoms with Gasteiger partial charge in [0, 0.05) is 36.6 Å².